The van der Waals surface area contributed by atoms with Gasteiger partial charge in [0, 0.05) is 62.5 Å². The van der Waals surface area contributed by atoms with Crippen LogP contribution in [0.25, 0.3) is 0 Å². The number of aliphatic hydroxyl groups excluding tert-OH is 2. The molecule has 2 N–H and O–H groups in total. The van der Waals surface area contributed by atoms with Gasteiger partial charge in [-0.15, -0.1) is 0 Å². The Balaban J connectivity index is 2.00. The zero-order valence-corrected chi connectivity index (χ0v) is 33.7. The van der Waals surface area contributed by atoms with Crippen LogP contribution in [0.15, 0.2) is 0 Å². The largest absolute Gasteiger partial charge is 0.463 e. The molecule has 3 heterocycles. The average molecular weight is 855 g/mol. The van der Waals surface area contributed by atoms with E-state index in [-0.39, 0.29) is 0 Å². The van der Waals surface area contributed by atoms with E-state index in [1.54, 1.807) is 0 Å². The van der Waals surface area contributed by atoms with Gasteiger partial charge in [-0.1, -0.05) is 0 Å². The molecule has 0 aromatic heterocycles. The number of carbonyl (C=O) groups excluding carboxylic acids is 8. The van der Waals surface area contributed by atoms with Gasteiger partial charge in [0.25, 0.3) is 0 Å². The molecule has 24 heteroatoms. The van der Waals surface area contributed by atoms with Crippen LogP contribution < -0.4 is 0 Å². The van der Waals surface area contributed by atoms with Crippen molar-refractivity contribution >= 4 is 47.8 Å². The summed E-state index contributed by atoms with van der Waals surface area (Å²) in [5, 5.41) is 22.9. The second-order valence-corrected chi connectivity index (χ2v) is 13.3. The van der Waals surface area contributed by atoms with Gasteiger partial charge in [0.05, 0.1) is 6.61 Å². The van der Waals surface area contributed by atoms with Crippen LogP contribution in [0.1, 0.15) is 55.4 Å². The van der Waals surface area contributed by atoms with E-state index in [2.05, 4.69) is 0 Å². The Hall–Kier alpha value is -4.56. The van der Waals surface area contributed by atoms with Gasteiger partial charge in [-0.3, -0.25) is 38.4 Å². The first kappa shape index (κ1) is 48.8. The third kappa shape index (κ3) is 14.0. The third-order valence-electron chi connectivity index (χ3n) is 8.49. The van der Waals surface area contributed by atoms with E-state index in [0.717, 1.165) is 62.5 Å². The molecule has 0 aromatic rings. The average Bonchev–Trinajstić information content (AvgIpc) is 3.11. The van der Waals surface area contributed by atoms with E-state index in [9.17, 15) is 48.6 Å². The fourth-order valence-corrected chi connectivity index (χ4v) is 6.36. The first-order valence-corrected chi connectivity index (χ1v) is 18.1. The van der Waals surface area contributed by atoms with Crippen molar-refractivity contribution in [3.8, 4) is 0 Å². The van der Waals surface area contributed by atoms with E-state index in [1.165, 1.54) is 0 Å². The highest BCUT2D eigenvalue weighted by atomic mass is 16.8. The summed E-state index contributed by atoms with van der Waals surface area (Å²) in [6.45, 7) is 6.39. The van der Waals surface area contributed by atoms with Gasteiger partial charge >= 0.3 is 47.8 Å². The lowest BCUT2D eigenvalue weighted by Crippen LogP contribution is -2.66. The lowest BCUT2D eigenvalue weighted by Gasteiger charge is -2.48. The van der Waals surface area contributed by atoms with Crippen molar-refractivity contribution in [3.05, 3.63) is 0 Å². The quantitative estimate of drug-likeness (QED) is 0.121. The normalized spacial score (nSPS) is 34.3. The van der Waals surface area contributed by atoms with E-state index in [4.69, 9.17) is 66.3 Å². The maximum atomic E-state index is 12.3. The number of ether oxygens (including phenoxy) is 14. The predicted molar refractivity (Wildman–Crippen MR) is 182 cm³/mol. The summed E-state index contributed by atoms with van der Waals surface area (Å²) in [6, 6.07) is 0. The van der Waals surface area contributed by atoms with Crippen molar-refractivity contribution in [2.24, 2.45) is 0 Å². The monoisotopic (exact) mass is 854 g/mol. The number of aliphatic hydroxyl groups is 2. The van der Waals surface area contributed by atoms with Crippen LogP contribution in [0, 0.1) is 0 Å². The molecular formula is C35H50O24. The molecule has 0 saturated carbocycles. The molecule has 59 heavy (non-hydrogen) atoms. The van der Waals surface area contributed by atoms with Crippen LogP contribution in [0.2, 0.25) is 0 Å². The molecule has 0 spiro atoms. The second kappa shape index (κ2) is 22.2. The zero-order valence-electron chi connectivity index (χ0n) is 33.7. The molecule has 3 aliphatic rings. The summed E-state index contributed by atoms with van der Waals surface area (Å²) in [4.78, 5) is 96.8. The first-order valence-electron chi connectivity index (χ1n) is 18.1. The summed E-state index contributed by atoms with van der Waals surface area (Å²) in [6.07, 6.45) is -24.7. The standard InChI is InChI=1S/C35H50O24/c1-13(36)47-11-22-26(50-15(3)38)29(52-17(5)40)31(54-19(7)42)34(57-22)49-10-21-24(44)28(25(45)33(46-9)56-21)59-35-32(55-20(8)43)30(53-18(6)41)27(51-16(4)39)23(58-35)12-48-14(2)37/h21-35,44-45H,10-12H2,1-9H3/t21-,22-,23-,24+,25-,26+,27+,28+,29+,30+,31-,32-,33+,34-,35+/m1/s1. The van der Waals surface area contributed by atoms with Crippen LogP contribution >= 0.6 is 0 Å². The van der Waals surface area contributed by atoms with Gasteiger partial charge in [-0.2, -0.15) is 0 Å². The van der Waals surface area contributed by atoms with Gasteiger partial charge in [-0.05, 0) is 0 Å². The van der Waals surface area contributed by atoms with Crippen LogP contribution in [0.5, 0.6) is 0 Å². The fourth-order valence-electron chi connectivity index (χ4n) is 6.36. The molecule has 334 valence electrons. The molecule has 3 aliphatic heterocycles. The molecule has 0 aliphatic carbocycles. The highest BCUT2D eigenvalue weighted by molar-refractivity contribution is 5.70. The maximum absolute atomic E-state index is 12.3. The molecule has 0 aromatic carbocycles. The van der Waals surface area contributed by atoms with Gasteiger partial charge in [0.2, 0.25) is 0 Å². The van der Waals surface area contributed by atoms with Gasteiger partial charge in [-0.25, -0.2) is 0 Å². The Morgan fingerprint density at radius 3 is 1.15 bits per heavy atom. The number of methoxy groups -OCH3 is 1. The maximum Gasteiger partial charge on any atom is 0.303 e. The van der Waals surface area contributed by atoms with Gasteiger partial charge < -0.3 is 76.5 Å². The Morgan fingerprint density at radius 1 is 0.407 bits per heavy atom. The summed E-state index contributed by atoms with van der Waals surface area (Å²) in [5.74, 6) is -7.00. The summed E-state index contributed by atoms with van der Waals surface area (Å²) in [7, 11) is 1.13. The van der Waals surface area contributed by atoms with Crippen LogP contribution in [0.3, 0.4) is 0 Å². The molecule has 3 fully saturated rings. The van der Waals surface area contributed by atoms with Crippen molar-refractivity contribution in [2.45, 2.75) is 148 Å². The third-order valence-corrected chi connectivity index (χ3v) is 8.49. The SMILES string of the molecule is CO[C@H]1O[C@H](CO[C@@H]2O[C@H](COC(C)=O)[C@H](OC(C)=O)[C@H](OC(C)=O)[C@H]2OC(C)=O)[C@H](O)[C@H](O[C@@H]2O[C@H](COC(C)=O)[C@H](OC(C)=O)[C@H](OC(C)=O)[C@H]2OC(C)=O)[C@H]1O. The zero-order chi connectivity index (χ0) is 44.3. The smallest absolute Gasteiger partial charge is 0.303 e. The fraction of sp³-hybridized carbons (Fsp3) is 0.771. The molecule has 0 radical (unpaired) electrons. The minimum atomic E-state index is -1.91. The highest BCUT2D eigenvalue weighted by Gasteiger charge is 2.57. The van der Waals surface area contributed by atoms with Crippen LogP contribution in [0.4, 0.5) is 0 Å². The number of hydrogen-bond donors (Lipinski definition) is 2. The van der Waals surface area contributed by atoms with Crippen molar-refractivity contribution in [3.63, 3.8) is 0 Å². The van der Waals surface area contributed by atoms with Crippen molar-refractivity contribution < 1.29 is 115 Å². The molecule has 3 rings (SSSR count). The van der Waals surface area contributed by atoms with E-state index < -0.39 is 160 Å². The molecule has 24 nitrogen and oxygen atoms in total. The predicted octanol–water partition coefficient (Wildman–Crippen LogP) is -2.35. The molecule has 0 unspecified atom stereocenters. The lowest BCUT2D eigenvalue weighted by molar-refractivity contribution is -0.364. The molecule has 3 saturated heterocycles. The molecule has 0 amide bonds. The first-order chi connectivity index (χ1) is 27.6. The van der Waals surface area contributed by atoms with Crippen molar-refractivity contribution in [2.75, 3.05) is 26.9 Å². The summed E-state index contributed by atoms with van der Waals surface area (Å²) >= 11 is 0. The Labute approximate surface area is 337 Å². The van der Waals surface area contributed by atoms with E-state index in [0.29, 0.717) is 0 Å². The highest BCUT2D eigenvalue weighted by Crippen LogP contribution is 2.35. The summed E-state index contributed by atoms with van der Waals surface area (Å²) < 4.78 is 77.3. The molecular weight excluding hydrogens is 804 g/mol. The number of carbonyl (C=O) groups is 8. The molecule has 0 bridgehead atoms. The number of esters is 8. The Kier molecular flexibility index (Phi) is 18.3. The lowest BCUT2D eigenvalue weighted by atomic mass is 9.96. The minimum absolute atomic E-state index is 0.565. The number of hydrogen-bond acceptors (Lipinski definition) is 24. The Bertz CT molecular complexity index is 1520. The van der Waals surface area contributed by atoms with Gasteiger partial charge in [0.15, 0.2) is 55.5 Å². The second-order valence-electron chi connectivity index (χ2n) is 13.3. The van der Waals surface area contributed by atoms with Crippen LogP contribution in [-0.4, -0.2) is 177 Å². The number of rotatable bonds is 16. The Morgan fingerprint density at radius 2 is 0.763 bits per heavy atom. The topological polar surface area (TPSA) is 306 Å². The van der Waals surface area contributed by atoms with Gasteiger partial charge in [0.1, 0.15) is 49.8 Å². The van der Waals surface area contributed by atoms with E-state index in [1.807, 2.05) is 0 Å². The minimum Gasteiger partial charge on any atom is -0.463 e. The molecule has 15 atom stereocenters. The summed E-state index contributed by atoms with van der Waals surface area (Å²) in [5.41, 5.74) is 0. The van der Waals surface area contributed by atoms with E-state index >= 15 is 0 Å². The van der Waals surface area contributed by atoms with Crippen LogP contribution in [-0.2, 0) is 105 Å². The van der Waals surface area contributed by atoms with Crippen molar-refractivity contribution in [1.82, 2.24) is 0 Å². The van der Waals surface area contributed by atoms with Crippen molar-refractivity contribution in [1.29, 1.82) is 0 Å².